The Bertz CT molecular complexity index is 337. The van der Waals surface area contributed by atoms with Gasteiger partial charge in [0.05, 0.1) is 13.0 Å². The van der Waals surface area contributed by atoms with Crippen molar-refractivity contribution in [3.63, 3.8) is 0 Å². The molecule has 1 N–H and O–H groups in total. The van der Waals surface area contributed by atoms with Crippen molar-refractivity contribution in [3.05, 3.63) is 0 Å². The molecule has 0 bridgehead atoms. The van der Waals surface area contributed by atoms with Gasteiger partial charge in [-0.2, -0.15) is 17.4 Å². The lowest BCUT2D eigenvalue weighted by molar-refractivity contribution is -0.143. The first-order valence-corrected chi connectivity index (χ1v) is 6.79. The summed E-state index contributed by atoms with van der Waals surface area (Å²) in [4.78, 5) is 11.0. The average molecular weight is 250 g/mol. The Morgan fingerprint density at radius 2 is 2.12 bits per heavy atom. The summed E-state index contributed by atoms with van der Waals surface area (Å²) in [5.74, 6) is -0.379. The molecule has 0 atom stereocenters. The van der Waals surface area contributed by atoms with Crippen LogP contribution < -0.4 is 4.72 Å². The SMILES string of the molecule is CCOC(=O)CCN(C)S(=O)(=O)NC1CC1. The van der Waals surface area contributed by atoms with E-state index in [0.717, 1.165) is 17.1 Å². The molecule has 0 heterocycles. The molecule has 16 heavy (non-hydrogen) atoms. The summed E-state index contributed by atoms with van der Waals surface area (Å²) in [6.07, 6.45) is 1.87. The monoisotopic (exact) mass is 250 g/mol. The molecule has 0 aromatic heterocycles. The minimum Gasteiger partial charge on any atom is -0.466 e. The summed E-state index contributed by atoms with van der Waals surface area (Å²) in [5.41, 5.74) is 0. The zero-order valence-corrected chi connectivity index (χ0v) is 10.4. The highest BCUT2D eigenvalue weighted by molar-refractivity contribution is 7.87. The third kappa shape index (κ3) is 4.46. The van der Waals surface area contributed by atoms with Crippen molar-refractivity contribution in [1.82, 2.24) is 9.03 Å². The van der Waals surface area contributed by atoms with Crippen LogP contribution in [0.25, 0.3) is 0 Å². The summed E-state index contributed by atoms with van der Waals surface area (Å²) in [6, 6.07) is 0.0787. The first-order chi connectivity index (χ1) is 7.45. The fourth-order valence-corrected chi connectivity index (χ4v) is 2.27. The summed E-state index contributed by atoms with van der Waals surface area (Å²) in [5, 5.41) is 0. The molecule has 1 aliphatic rings. The van der Waals surface area contributed by atoms with E-state index in [1.165, 1.54) is 7.05 Å². The molecule has 94 valence electrons. The molecular formula is C9H18N2O4S. The molecule has 1 fully saturated rings. The van der Waals surface area contributed by atoms with E-state index in [2.05, 4.69) is 4.72 Å². The Labute approximate surface area is 96.1 Å². The quantitative estimate of drug-likeness (QED) is 0.639. The lowest BCUT2D eigenvalue weighted by atomic mass is 10.4. The smallest absolute Gasteiger partial charge is 0.307 e. The number of hydrogen-bond donors (Lipinski definition) is 1. The van der Waals surface area contributed by atoms with E-state index in [9.17, 15) is 13.2 Å². The van der Waals surface area contributed by atoms with Gasteiger partial charge in [0, 0.05) is 19.6 Å². The summed E-state index contributed by atoms with van der Waals surface area (Å²) < 4.78 is 31.6. The van der Waals surface area contributed by atoms with Crippen LogP contribution in [0, 0.1) is 0 Å². The molecule has 1 rings (SSSR count). The minimum absolute atomic E-state index is 0.0787. The van der Waals surface area contributed by atoms with Crippen LogP contribution in [0.2, 0.25) is 0 Å². The second-order valence-corrected chi connectivity index (χ2v) is 5.58. The van der Waals surface area contributed by atoms with E-state index >= 15 is 0 Å². The second-order valence-electron chi connectivity index (χ2n) is 3.77. The number of nitrogens with zero attached hydrogens (tertiary/aromatic N) is 1. The van der Waals surface area contributed by atoms with Crippen molar-refractivity contribution >= 4 is 16.2 Å². The van der Waals surface area contributed by atoms with Gasteiger partial charge in [0.1, 0.15) is 0 Å². The van der Waals surface area contributed by atoms with E-state index in [4.69, 9.17) is 4.74 Å². The third-order valence-corrected chi connectivity index (χ3v) is 3.87. The van der Waals surface area contributed by atoms with Gasteiger partial charge in [-0.15, -0.1) is 0 Å². The van der Waals surface area contributed by atoms with Gasteiger partial charge < -0.3 is 4.74 Å². The number of rotatable bonds is 7. The van der Waals surface area contributed by atoms with Crippen molar-refractivity contribution in [2.24, 2.45) is 0 Å². The number of carbonyl (C=O) groups excluding carboxylic acids is 1. The highest BCUT2D eigenvalue weighted by Gasteiger charge is 2.29. The Morgan fingerprint density at radius 3 is 2.62 bits per heavy atom. The van der Waals surface area contributed by atoms with Gasteiger partial charge in [0.25, 0.3) is 10.2 Å². The van der Waals surface area contributed by atoms with Gasteiger partial charge in [-0.3, -0.25) is 4.79 Å². The highest BCUT2D eigenvalue weighted by Crippen LogP contribution is 2.20. The number of nitrogens with one attached hydrogen (secondary N) is 1. The number of carbonyl (C=O) groups is 1. The lowest BCUT2D eigenvalue weighted by Crippen LogP contribution is -2.40. The summed E-state index contributed by atoms with van der Waals surface area (Å²) in [6.45, 7) is 2.17. The predicted octanol–water partition coefficient (Wildman–Crippen LogP) is -0.132. The molecule has 7 heteroatoms. The molecule has 0 radical (unpaired) electrons. The van der Waals surface area contributed by atoms with Crippen LogP contribution >= 0.6 is 0 Å². The van der Waals surface area contributed by atoms with Gasteiger partial charge in [-0.05, 0) is 19.8 Å². The first-order valence-electron chi connectivity index (χ1n) is 5.35. The van der Waals surface area contributed by atoms with Crippen LogP contribution in [-0.2, 0) is 19.7 Å². The third-order valence-electron chi connectivity index (χ3n) is 2.24. The van der Waals surface area contributed by atoms with Crippen molar-refractivity contribution < 1.29 is 17.9 Å². The molecule has 0 saturated heterocycles. The van der Waals surface area contributed by atoms with E-state index in [0.29, 0.717) is 6.61 Å². The van der Waals surface area contributed by atoms with Gasteiger partial charge >= 0.3 is 5.97 Å². The molecule has 0 unspecified atom stereocenters. The number of esters is 1. The fourth-order valence-electron chi connectivity index (χ4n) is 1.10. The number of hydrogen-bond acceptors (Lipinski definition) is 4. The Hall–Kier alpha value is -0.660. The zero-order valence-electron chi connectivity index (χ0n) is 9.60. The average Bonchev–Trinajstić information content (AvgIpc) is 2.97. The maximum Gasteiger partial charge on any atom is 0.307 e. The van der Waals surface area contributed by atoms with Gasteiger partial charge in [0.15, 0.2) is 0 Å². The zero-order chi connectivity index (χ0) is 12.2. The van der Waals surface area contributed by atoms with Crippen molar-refractivity contribution in [2.45, 2.75) is 32.2 Å². The Balaban J connectivity index is 2.32. The van der Waals surface area contributed by atoms with Gasteiger partial charge in [-0.1, -0.05) is 0 Å². The molecular weight excluding hydrogens is 232 g/mol. The predicted molar refractivity (Wildman–Crippen MR) is 59.0 cm³/mol. The first kappa shape index (κ1) is 13.4. The van der Waals surface area contributed by atoms with Crippen molar-refractivity contribution in [2.75, 3.05) is 20.2 Å². The second kappa shape index (κ2) is 5.60. The van der Waals surface area contributed by atoms with Crippen LogP contribution in [0.3, 0.4) is 0 Å². The molecule has 1 saturated carbocycles. The van der Waals surface area contributed by atoms with E-state index < -0.39 is 10.2 Å². The van der Waals surface area contributed by atoms with Crippen molar-refractivity contribution in [1.29, 1.82) is 0 Å². The van der Waals surface area contributed by atoms with Crippen LogP contribution in [0.5, 0.6) is 0 Å². The normalized spacial score (nSPS) is 16.4. The maximum atomic E-state index is 11.6. The van der Waals surface area contributed by atoms with Crippen molar-refractivity contribution in [3.8, 4) is 0 Å². The molecule has 0 aliphatic heterocycles. The molecule has 0 aromatic carbocycles. The largest absolute Gasteiger partial charge is 0.466 e. The standard InChI is InChI=1S/C9H18N2O4S/c1-3-15-9(12)6-7-11(2)16(13,14)10-8-4-5-8/h8,10H,3-7H2,1-2H3. The Kier molecular flexibility index (Phi) is 4.69. The molecule has 1 aliphatic carbocycles. The minimum atomic E-state index is -3.43. The van der Waals surface area contributed by atoms with Crippen LogP contribution in [0.4, 0.5) is 0 Å². The van der Waals surface area contributed by atoms with E-state index in [1.807, 2.05) is 0 Å². The van der Waals surface area contributed by atoms with Crippen LogP contribution in [0.15, 0.2) is 0 Å². The maximum absolute atomic E-state index is 11.6. The van der Waals surface area contributed by atoms with Crippen LogP contribution in [-0.4, -0.2) is 44.9 Å². The Morgan fingerprint density at radius 1 is 1.50 bits per heavy atom. The van der Waals surface area contributed by atoms with E-state index in [1.54, 1.807) is 6.92 Å². The number of ether oxygens (including phenoxy) is 1. The molecule has 0 spiro atoms. The van der Waals surface area contributed by atoms with Crippen LogP contribution in [0.1, 0.15) is 26.2 Å². The van der Waals surface area contributed by atoms with Gasteiger partial charge in [-0.25, -0.2) is 0 Å². The summed E-state index contributed by atoms with van der Waals surface area (Å²) in [7, 11) is -1.98. The van der Waals surface area contributed by atoms with Gasteiger partial charge in [0.2, 0.25) is 0 Å². The molecule has 6 nitrogen and oxygen atoms in total. The highest BCUT2D eigenvalue weighted by atomic mass is 32.2. The van der Waals surface area contributed by atoms with E-state index in [-0.39, 0.29) is 25.0 Å². The summed E-state index contributed by atoms with van der Waals surface area (Å²) >= 11 is 0. The lowest BCUT2D eigenvalue weighted by Gasteiger charge is -2.16. The molecule has 0 aromatic rings. The fraction of sp³-hybridized carbons (Fsp3) is 0.889. The molecule has 0 amide bonds. The topological polar surface area (TPSA) is 75.7 Å².